The van der Waals surface area contributed by atoms with Crippen LogP contribution in [0.25, 0.3) is 11.4 Å². The summed E-state index contributed by atoms with van der Waals surface area (Å²) in [4.78, 5) is 1.38. The lowest BCUT2D eigenvalue weighted by Crippen LogP contribution is -2.27. The van der Waals surface area contributed by atoms with Gasteiger partial charge in [0.1, 0.15) is 5.75 Å². The molecule has 19 heavy (non-hydrogen) atoms. The number of tetrazole rings is 1. The van der Waals surface area contributed by atoms with E-state index in [4.69, 9.17) is 4.74 Å². The van der Waals surface area contributed by atoms with Crippen molar-refractivity contribution in [2.75, 3.05) is 7.11 Å². The van der Waals surface area contributed by atoms with Gasteiger partial charge in [0.15, 0.2) is 0 Å². The Morgan fingerprint density at radius 2 is 2.16 bits per heavy atom. The van der Waals surface area contributed by atoms with Crippen LogP contribution < -0.4 is 4.74 Å². The van der Waals surface area contributed by atoms with Crippen LogP contribution in [0.1, 0.15) is 13.8 Å². The number of ether oxygens (including phenoxy) is 1. The monoisotopic (exact) mass is 326 g/mol. The summed E-state index contributed by atoms with van der Waals surface area (Å²) in [5.74, 6) is 1.20. The number of hydrogen-bond donors (Lipinski definition) is 1. The Kier molecular flexibility index (Phi) is 3.86. The maximum absolute atomic E-state index is 9.73. The average molecular weight is 327 g/mol. The van der Waals surface area contributed by atoms with Crippen molar-refractivity contribution >= 4 is 15.9 Å². The first-order valence-corrected chi connectivity index (χ1v) is 6.52. The highest BCUT2D eigenvalue weighted by Crippen LogP contribution is 2.29. The van der Waals surface area contributed by atoms with Crippen LogP contribution in [-0.4, -0.2) is 38.0 Å². The normalized spacial score (nSPS) is 11.6. The van der Waals surface area contributed by atoms with Gasteiger partial charge in [0.2, 0.25) is 5.82 Å². The molecule has 0 spiro atoms. The molecule has 0 fully saturated rings. The third kappa shape index (κ3) is 3.51. The SMILES string of the molecule is COc1ccc(Br)c(-c2nnn(CC(C)(C)O)n2)c1. The van der Waals surface area contributed by atoms with Crippen molar-refractivity contribution in [2.45, 2.75) is 26.0 Å². The van der Waals surface area contributed by atoms with Gasteiger partial charge in [0.25, 0.3) is 0 Å². The maximum atomic E-state index is 9.73. The molecule has 1 N–H and O–H groups in total. The minimum Gasteiger partial charge on any atom is -0.497 e. The molecule has 7 heteroatoms. The second-order valence-electron chi connectivity index (χ2n) is 4.80. The van der Waals surface area contributed by atoms with Gasteiger partial charge >= 0.3 is 0 Å². The van der Waals surface area contributed by atoms with Gasteiger partial charge in [-0.05, 0) is 37.3 Å². The first-order chi connectivity index (χ1) is 8.89. The average Bonchev–Trinajstić information content (AvgIpc) is 2.75. The van der Waals surface area contributed by atoms with Crippen LogP contribution in [-0.2, 0) is 6.54 Å². The van der Waals surface area contributed by atoms with E-state index >= 15 is 0 Å². The van der Waals surface area contributed by atoms with E-state index < -0.39 is 5.60 Å². The molecule has 0 aliphatic carbocycles. The minimum atomic E-state index is -0.885. The van der Waals surface area contributed by atoms with Crippen molar-refractivity contribution in [1.82, 2.24) is 20.2 Å². The number of nitrogens with zero attached hydrogens (tertiary/aromatic N) is 4. The zero-order chi connectivity index (χ0) is 14.0. The lowest BCUT2D eigenvalue weighted by molar-refractivity contribution is 0.0526. The molecular weight excluding hydrogens is 312 g/mol. The van der Waals surface area contributed by atoms with Crippen molar-refractivity contribution in [1.29, 1.82) is 0 Å². The van der Waals surface area contributed by atoms with E-state index in [2.05, 4.69) is 31.3 Å². The smallest absolute Gasteiger partial charge is 0.206 e. The highest BCUT2D eigenvalue weighted by molar-refractivity contribution is 9.10. The van der Waals surface area contributed by atoms with Gasteiger partial charge in [-0.15, -0.1) is 10.2 Å². The summed E-state index contributed by atoms with van der Waals surface area (Å²) in [5, 5.41) is 21.9. The zero-order valence-electron chi connectivity index (χ0n) is 11.0. The van der Waals surface area contributed by atoms with Gasteiger partial charge in [-0.25, -0.2) is 0 Å². The molecule has 1 aromatic heterocycles. The Labute approximate surface area is 119 Å². The van der Waals surface area contributed by atoms with Crippen LogP contribution in [0, 0.1) is 0 Å². The lowest BCUT2D eigenvalue weighted by atomic mass is 10.1. The van der Waals surface area contributed by atoms with E-state index in [0.29, 0.717) is 5.82 Å². The van der Waals surface area contributed by atoms with Gasteiger partial charge in [-0.3, -0.25) is 0 Å². The Bertz CT molecular complexity index is 577. The summed E-state index contributed by atoms with van der Waals surface area (Å²) in [7, 11) is 1.60. The van der Waals surface area contributed by atoms with E-state index in [-0.39, 0.29) is 6.54 Å². The summed E-state index contributed by atoms with van der Waals surface area (Å²) in [5.41, 5.74) is -0.0924. The second kappa shape index (κ2) is 5.26. The third-order valence-corrected chi connectivity index (χ3v) is 3.09. The van der Waals surface area contributed by atoms with E-state index in [1.807, 2.05) is 18.2 Å². The van der Waals surface area contributed by atoms with Crippen molar-refractivity contribution in [3.63, 3.8) is 0 Å². The Morgan fingerprint density at radius 1 is 1.42 bits per heavy atom. The first kappa shape index (κ1) is 14.0. The van der Waals surface area contributed by atoms with Gasteiger partial charge in [0, 0.05) is 10.0 Å². The van der Waals surface area contributed by atoms with Gasteiger partial charge in [-0.1, -0.05) is 15.9 Å². The van der Waals surface area contributed by atoms with Gasteiger partial charge in [0.05, 0.1) is 19.3 Å². The molecule has 0 aliphatic rings. The van der Waals surface area contributed by atoms with Crippen LogP contribution >= 0.6 is 15.9 Å². The molecule has 0 aliphatic heterocycles. The molecule has 6 nitrogen and oxygen atoms in total. The highest BCUT2D eigenvalue weighted by atomic mass is 79.9. The molecule has 0 saturated heterocycles. The number of methoxy groups -OCH3 is 1. The van der Waals surface area contributed by atoms with E-state index in [1.54, 1.807) is 21.0 Å². The van der Waals surface area contributed by atoms with Crippen molar-refractivity contribution < 1.29 is 9.84 Å². The number of benzene rings is 1. The Morgan fingerprint density at radius 3 is 2.79 bits per heavy atom. The minimum absolute atomic E-state index is 0.279. The molecule has 0 amide bonds. The second-order valence-corrected chi connectivity index (χ2v) is 5.66. The molecule has 0 bridgehead atoms. The first-order valence-electron chi connectivity index (χ1n) is 5.73. The van der Waals surface area contributed by atoms with Crippen LogP contribution in [0.4, 0.5) is 0 Å². The Balaban J connectivity index is 2.32. The molecule has 1 aromatic carbocycles. The van der Waals surface area contributed by atoms with Crippen LogP contribution in [0.15, 0.2) is 22.7 Å². The zero-order valence-corrected chi connectivity index (χ0v) is 12.5. The van der Waals surface area contributed by atoms with E-state index in [9.17, 15) is 5.11 Å². The Hall–Kier alpha value is -1.47. The summed E-state index contributed by atoms with van der Waals surface area (Å²) in [6.45, 7) is 3.66. The maximum Gasteiger partial charge on any atom is 0.206 e. The van der Waals surface area contributed by atoms with Crippen molar-refractivity contribution in [2.24, 2.45) is 0 Å². The number of aromatic nitrogens is 4. The summed E-state index contributed by atoms with van der Waals surface area (Å²) < 4.78 is 6.03. The summed E-state index contributed by atoms with van der Waals surface area (Å²) in [6, 6.07) is 5.54. The molecule has 2 rings (SSSR count). The largest absolute Gasteiger partial charge is 0.497 e. The number of hydrogen-bond acceptors (Lipinski definition) is 5. The molecular formula is C12H15BrN4O2. The van der Waals surface area contributed by atoms with Crippen LogP contribution in [0.3, 0.4) is 0 Å². The molecule has 0 unspecified atom stereocenters. The topological polar surface area (TPSA) is 73.1 Å². The lowest BCUT2D eigenvalue weighted by Gasteiger charge is -2.14. The standard InChI is InChI=1S/C12H15BrN4O2/c1-12(2,18)7-17-15-11(14-16-17)9-6-8(19-3)4-5-10(9)13/h4-6,18H,7H2,1-3H3. The molecule has 0 radical (unpaired) electrons. The van der Waals surface area contributed by atoms with Crippen molar-refractivity contribution in [3.05, 3.63) is 22.7 Å². The highest BCUT2D eigenvalue weighted by Gasteiger charge is 2.17. The molecule has 1 heterocycles. The predicted octanol–water partition coefficient (Wildman–Crippen LogP) is 1.88. The van der Waals surface area contributed by atoms with Gasteiger partial charge in [-0.2, -0.15) is 4.80 Å². The molecule has 102 valence electrons. The molecule has 0 atom stereocenters. The number of aliphatic hydroxyl groups is 1. The predicted molar refractivity (Wildman–Crippen MR) is 73.8 cm³/mol. The third-order valence-electron chi connectivity index (χ3n) is 2.40. The van der Waals surface area contributed by atoms with Gasteiger partial charge < -0.3 is 9.84 Å². The summed E-state index contributed by atoms with van der Waals surface area (Å²) >= 11 is 3.45. The fraction of sp³-hybridized carbons (Fsp3) is 0.417. The quantitative estimate of drug-likeness (QED) is 0.928. The van der Waals surface area contributed by atoms with Crippen LogP contribution in [0.2, 0.25) is 0 Å². The fourth-order valence-corrected chi connectivity index (χ4v) is 1.99. The molecule has 0 saturated carbocycles. The fourth-order valence-electron chi connectivity index (χ4n) is 1.57. The van der Waals surface area contributed by atoms with Crippen LogP contribution in [0.5, 0.6) is 5.75 Å². The summed E-state index contributed by atoms with van der Waals surface area (Å²) in [6.07, 6.45) is 0. The number of halogens is 1. The molecule has 2 aromatic rings. The number of rotatable bonds is 4. The van der Waals surface area contributed by atoms with Crippen molar-refractivity contribution in [3.8, 4) is 17.1 Å². The van der Waals surface area contributed by atoms with E-state index in [1.165, 1.54) is 4.80 Å². The van der Waals surface area contributed by atoms with E-state index in [0.717, 1.165) is 15.8 Å².